The van der Waals surface area contributed by atoms with Crippen LogP contribution in [0.1, 0.15) is 21.5 Å². The number of aromatic nitrogens is 2. The van der Waals surface area contributed by atoms with Crippen LogP contribution in [-0.2, 0) is 23.1 Å². The molecule has 0 aliphatic heterocycles. The highest BCUT2D eigenvalue weighted by Gasteiger charge is 2.19. The van der Waals surface area contributed by atoms with Crippen molar-refractivity contribution in [1.82, 2.24) is 19.8 Å². The van der Waals surface area contributed by atoms with E-state index in [0.29, 0.717) is 17.8 Å². The summed E-state index contributed by atoms with van der Waals surface area (Å²) in [7, 11) is -3.53. The molecular formula is C24H24N4O3S2. The SMILES string of the molecule is O=C(NCCS(=O)(=O)NCc1ccccc1)c1cn(Cc2ccccc2)nc1-c1cccs1. The van der Waals surface area contributed by atoms with Crippen molar-refractivity contribution in [2.45, 2.75) is 13.1 Å². The molecular weight excluding hydrogens is 456 g/mol. The van der Waals surface area contributed by atoms with Crippen LogP contribution in [0.2, 0.25) is 0 Å². The molecule has 0 aliphatic rings. The molecule has 2 heterocycles. The van der Waals surface area contributed by atoms with E-state index in [-0.39, 0.29) is 24.7 Å². The summed E-state index contributed by atoms with van der Waals surface area (Å²) in [6.45, 7) is 0.743. The van der Waals surface area contributed by atoms with Gasteiger partial charge in [0.15, 0.2) is 0 Å². The van der Waals surface area contributed by atoms with Crippen LogP contribution in [0.15, 0.2) is 84.4 Å². The number of rotatable bonds is 10. The summed E-state index contributed by atoms with van der Waals surface area (Å²) in [6, 6.07) is 23.0. The van der Waals surface area contributed by atoms with Gasteiger partial charge in [-0.05, 0) is 22.6 Å². The highest BCUT2D eigenvalue weighted by Crippen LogP contribution is 2.27. The van der Waals surface area contributed by atoms with E-state index >= 15 is 0 Å². The van der Waals surface area contributed by atoms with Gasteiger partial charge in [0.05, 0.1) is 22.7 Å². The van der Waals surface area contributed by atoms with E-state index in [1.807, 2.05) is 78.2 Å². The van der Waals surface area contributed by atoms with Crippen molar-refractivity contribution in [2.75, 3.05) is 12.3 Å². The number of carbonyl (C=O) groups excluding carboxylic acids is 1. The molecule has 0 aliphatic carbocycles. The number of benzene rings is 2. The Bertz CT molecular complexity index is 1290. The van der Waals surface area contributed by atoms with Crippen LogP contribution in [0.3, 0.4) is 0 Å². The average Bonchev–Trinajstić information content (AvgIpc) is 3.49. The quantitative estimate of drug-likeness (QED) is 0.363. The van der Waals surface area contributed by atoms with E-state index in [0.717, 1.165) is 16.0 Å². The number of thiophene rings is 1. The maximum Gasteiger partial charge on any atom is 0.255 e. The summed E-state index contributed by atoms with van der Waals surface area (Å²) in [4.78, 5) is 13.8. The van der Waals surface area contributed by atoms with Gasteiger partial charge in [-0.2, -0.15) is 5.10 Å². The fraction of sp³-hybridized carbons (Fsp3) is 0.167. The van der Waals surface area contributed by atoms with Gasteiger partial charge < -0.3 is 5.32 Å². The molecule has 2 aromatic carbocycles. The highest BCUT2D eigenvalue weighted by atomic mass is 32.2. The lowest BCUT2D eigenvalue weighted by Crippen LogP contribution is -2.34. The molecule has 0 bridgehead atoms. The summed E-state index contributed by atoms with van der Waals surface area (Å²) in [5, 5.41) is 9.28. The average molecular weight is 481 g/mol. The lowest BCUT2D eigenvalue weighted by molar-refractivity contribution is 0.0956. The number of hydrogen-bond acceptors (Lipinski definition) is 5. The zero-order chi connectivity index (χ0) is 23.1. The van der Waals surface area contributed by atoms with Gasteiger partial charge in [0.2, 0.25) is 10.0 Å². The minimum atomic E-state index is -3.53. The fourth-order valence-corrected chi connectivity index (χ4v) is 4.91. The molecule has 4 rings (SSSR count). The van der Waals surface area contributed by atoms with Gasteiger partial charge in [-0.3, -0.25) is 9.48 Å². The highest BCUT2D eigenvalue weighted by molar-refractivity contribution is 7.89. The van der Waals surface area contributed by atoms with Crippen molar-refractivity contribution in [3.8, 4) is 10.6 Å². The Kier molecular flexibility index (Phi) is 7.33. The summed E-state index contributed by atoms with van der Waals surface area (Å²) >= 11 is 1.50. The van der Waals surface area contributed by atoms with Crippen LogP contribution >= 0.6 is 11.3 Å². The lowest BCUT2D eigenvalue weighted by Gasteiger charge is -2.08. The van der Waals surface area contributed by atoms with Crippen LogP contribution in [0.5, 0.6) is 0 Å². The molecule has 2 aromatic heterocycles. The van der Waals surface area contributed by atoms with Crippen molar-refractivity contribution >= 4 is 27.3 Å². The third-order valence-electron chi connectivity index (χ3n) is 4.94. The maximum absolute atomic E-state index is 12.9. The molecule has 4 aromatic rings. The summed E-state index contributed by atoms with van der Waals surface area (Å²) in [6.07, 6.45) is 1.71. The van der Waals surface area contributed by atoms with Gasteiger partial charge in [-0.15, -0.1) is 11.3 Å². The number of sulfonamides is 1. The van der Waals surface area contributed by atoms with Crippen LogP contribution in [0.4, 0.5) is 0 Å². The Balaban J connectivity index is 1.40. The normalized spacial score (nSPS) is 11.4. The predicted octanol–water partition coefficient (Wildman–Crippen LogP) is 3.51. The van der Waals surface area contributed by atoms with Gasteiger partial charge in [-0.1, -0.05) is 66.7 Å². The minimum Gasteiger partial charge on any atom is -0.351 e. The van der Waals surface area contributed by atoms with Crippen molar-refractivity contribution in [1.29, 1.82) is 0 Å². The fourth-order valence-electron chi connectivity index (χ4n) is 3.29. The molecule has 0 radical (unpaired) electrons. The standard InChI is InChI=1S/C24H24N4O3S2/c29-24(25-13-15-33(30,31)26-16-19-8-3-1-4-9-19)21-18-28(17-20-10-5-2-6-11-20)27-23(21)22-12-7-14-32-22/h1-12,14,18,26H,13,15-17H2,(H,25,29). The first-order valence-corrected chi connectivity index (χ1v) is 13.0. The Morgan fingerprint density at radius 1 is 0.939 bits per heavy atom. The van der Waals surface area contributed by atoms with E-state index in [9.17, 15) is 13.2 Å². The molecule has 0 atom stereocenters. The zero-order valence-corrected chi connectivity index (χ0v) is 19.5. The molecule has 2 N–H and O–H groups in total. The van der Waals surface area contributed by atoms with Gasteiger partial charge in [-0.25, -0.2) is 13.1 Å². The second-order valence-electron chi connectivity index (χ2n) is 7.43. The largest absolute Gasteiger partial charge is 0.351 e. The molecule has 0 spiro atoms. The number of hydrogen-bond donors (Lipinski definition) is 2. The second-order valence-corrected chi connectivity index (χ2v) is 10.3. The molecule has 0 saturated carbocycles. The van der Waals surface area contributed by atoms with Crippen molar-refractivity contribution in [2.24, 2.45) is 0 Å². The van der Waals surface area contributed by atoms with Crippen LogP contribution in [0, 0.1) is 0 Å². The van der Waals surface area contributed by atoms with Crippen LogP contribution in [-0.4, -0.2) is 36.4 Å². The first kappa shape index (κ1) is 22.9. The van der Waals surface area contributed by atoms with E-state index in [1.54, 1.807) is 10.9 Å². The van der Waals surface area contributed by atoms with Crippen molar-refractivity contribution in [3.63, 3.8) is 0 Å². The molecule has 0 saturated heterocycles. The Hall–Kier alpha value is -3.27. The second kappa shape index (κ2) is 10.6. The summed E-state index contributed by atoms with van der Waals surface area (Å²) < 4.78 is 28.9. The number of amides is 1. The van der Waals surface area contributed by atoms with Gasteiger partial charge in [0, 0.05) is 19.3 Å². The molecule has 0 unspecified atom stereocenters. The topological polar surface area (TPSA) is 93.1 Å². The van der Waals surface area contributed by atoms with Gasteiger partial charge >= 0.3 is 0 Å². The first-order valence-electron chi connectivity index (χ1n) is 10.4. The molecule has 170 valence electrons. The monoisotopic (exact) mass is 480 g/mol. The van der Waals surface area contributed by atoms with Crippen molar-refractivity contribution < 1.29 is 13.2 Å². The Morgan fingerprint density at radius 3 is 2.30 bits per heavy atom. The van der Waals surface area contributed by atoms with Gasteiger partial charge in [0.1, 0.15) is 5.69 Å². The predicted molar refractivity (Wildman–Crippen MR) is 130 cm³/mol. The zero-order valence-electron chi connectivity index (χ0n) is 17.8. The minimum absolute atomic E-state index is 0.00327. The lowest BCUT2D eigenvalue weighted by atomic mass is 10.2. The van der Waals surface area contributed by atoms with E-state index in [4.69, 9.17) is 0 Å². The first-order chi connectivity index (χ1) is 16.0. The Morgan fingerprint density at radius 2 is 1.64 bits per heavy atom. The van der Waals surface area contributed by atoms with Crippen LogP contribution < -0.4 is 10.0 Å². The summed E-state index contributed by atoms with van der Waals surface area (Å²) in [5.74, 6) is -0.561. The van der Waals surface area contributed by atoms with Crippen molar-refractivity contribution in [3.05, 3.63) is 101 Å². The molecule has 1 amide bonds. The third-order valence-corrected chi connectivity index (χ3v) is 7.15. The van der Waals surface area contributed by atoms with Gasteiger partial charge in [0.25, 0.3) is 5.91 Å². The number of carbonyl (C=O) groups is 1. The van der Waals surface area contributed by atoms with E-state index < -0.39 is 10.0 Å². The Labute approximate surface area is 197 Å². The van der Waals surface area contributed by atoms with E-state index in [1.165, 1.54) is 11.3 Å². The van der Waals surface area contributed by atoms with E-state index in [2.05, 4.69) is 15.1 Å². The molecule has 9 heteroatoms. The molecule has 33 heavy (non-hydrogen) atoms. The molecule has 7 nitrogen and oxygen atoms in total. The summed E-state index contributed by atoms with van der Waals surface area (Å²) in [5.41, 5.74) is 2.95. The number of nitrogens with zero attached hydrogens (tertiary/aromatic N) is 2. The maximum atomic E-state index is 12.9. The smallest absolute Gasteiger partial charge is 0.255 e. The molecule has 0 fully saturated rings. The number of nitrogens with one attached hydrogen (secondary N) is 2. The third kappa shape index (κ3) is 6.38. The van der Waals surface area contributed by atoms with Crippen LogP contribution in [0.25, 0.3) is 10.6 Å².